The lowest BCUT2D eigenvalue weighted by molar-refractivity contribution is 0.109. The Morgan fingerprint density at radius 3 is 2.82 bits per heavy atom. The van der Waals surface area contributed by atoms with E-state index in [1.807, 2.05) is 0 Å². The molecule has 2 fully saturated rings. The van der Waals surface area contributed by atoms with E-state index < -0.39 is 0 Å². The molecule has 2 aliphatic rings. The Morgan fingerprint density at radius 1 is 1.35 bits per heavy atom. The zero-order valence-corrected chi connectivity index (χ0v) is 10.6. The van der Waals surface area contributed by atoms with Crippen molar-refractivity contribution in [1.29, 1.82) is 0 Å². The summed E-state index contributed by atoms with van der Waals surface area (Å²) >= 11 is 0. The molecule has 0 aromatic heterocycles. The van der Waals surface area contributed by atoms with Crippen LogP contribution in [0.1, 0.15) is 25.3 Å². The summed E-state index contributed by atoms with van der Waals surface area (Å²) in [6.45, 7) is 6.76. The Morgan fingerprint density at radius 2 is 2.12 bits per heavy atom. The summed E-state index contributed by atoms with van der Waals surface area (Å²) in [4.78, 5) is 2.58. The Labute approximate surface area is 104 Å². The minimum absolute atomic E-state index is 0.204. The first kappa shape index (κ1) is 11.2. The lowest BCUT2D eigenvalue weighted by Gasteiger charge is -2.34. The van der Waals surface area contributed by atoms with Crippen LogP contribution in [-0.4, -0.2) is 30.2 Å². The van der Waals surface area contributed by atoms with Crippen molar-refractivity contribution in [1.82, 2.24) is 4.90 Å². The summed E-state index contributed by atoms with van der Waals surface area (Å²) in [7, 11) is 0. The Balaban J connectivity index is 1.60. The number of benzene rings is 1. The van der Waals surface area contributed by atoms with Crippen molar-refractivity contribution in [2.24, 2.45) is 5.92 Å². The second kappa shape index (κ2) is 4.43. The van der Waals surface area contributed by atoms with Crippen LogP contribution in [0.25, 0.3) is 0 Å². The van der Waals surface area contributed by atoms with Crippen LogP contribution in [0, 0.1) is 5.92 Å². The van der Waals surface area contributed by atoms with E-state index in [1.54, 1.807) is 0 Å². The molecule has 2 heterocycles. The van der Waals surface area contributed by atoms with E-state index >= 15 is 0 Å². The fourth-order valence-corrected chi connectivity index (χ4v) is 2.89. The number of piperidine rings is 1. The van der Waals surface area contributed by atoms with Gasteiger partial charge in [0.25, 0.3) is 0 Å². The van der Waals surface area contributed by atoms with Crippen LogP contribution in [0.4, 0.5) is 0 Å². The molecule has 1 aromatic carbocycles. The molecule has 2 aliphatic heterocycles. The highest BCUT2D eigenvalue weighted by atomic mass is 16.6. The van der Waals surface area contributed by atoms with E-state index in [0.29, 0.717) is 0 Å². The highest BCUT2D eigenvalue weighted by Gasteiger charge is 2.47. The molecule has 0 amide bonds. The monoisotopic (exact) mass is 231 g/mol. The Kier molecular flexibility index (Phi) is 2.93. The number of nitrogens with zero attached hydrogens (tertiary/aromatic N) is 1. The standard InChI is InChI=1S/C15H21NO/c1-15(12-17-15)14-8-5-9-16(11-14)10-13-6-3-2-4-7-13/h2-4,6-7,14H,5,8-12H2,1H3. The molecule has 3 rings (SSSR count). The number of likely N-dealkylation sites (tertiary alicyclic amines) is 1. The average Bonchev–Trinajstić information content (AvgIpc) is 3.11. The third-order valence-electron chi connectivity index (χ3n) is 4.22. The maximum Gasteiger partial charge on any atom is 0.0928 e. The van der Waals surface area contributed by atoms with Crippen molar-refractivity contribution in [3.8, 4) is 0 Å². The van der Waals surface area contributed by atoms with Crippen molar-refractivity contribution in [3.63, 3.8) is 0 Å². The van der Waals surface area contributed by atoms with Crippen LogP contribution in [-0.2, 0) is 11.3 Å². The molecule has 2 nitrogen and oxygen atoms in total. The van der Waals surface area contributed by atoms with Gasteiger partial charge in [0.2, 0.25) is 0 Å². The summed E-state index contributed by atoms with van der Waals surface area (Å²) in [5, 5.41) is 0. The molecule has 92 valence electrons. The fraction of sp³-hybridized carbons (Fsp3) is 0.600. The number of epoxide rings is 1. The maximum absolute atomic E-state index is 5.61. The van der Waals surface area contributed by atoms with Gasteiger partial charge in [-0.2, -0.15) is 0 Å². The molecular formula is C15H21NO. The lowest BCUT2D eigenvalue weighted by Crippen LogP contribution is -2.40. The molecule has 0 spiro atoms. The van der Waals surface area contributed by atoms with Crippen LogP contribution in [0.15, 0.2) is 30.3 Å². The topological polar surface area (TPSA) is 15.8 Å². The van der Waals surface area contributed by atoms with Gasteiger partial charge >= 0.3 is 0 Å². The third kappa shape index (κ3) is 2.53. The van der Waals surface area contributed by atoms with Gasteiger partial charge in [0.05, 0.1) is 12.2 Å². The molecule has 0 saturated carbocycles. The lowest BCUT2D eigenvalue weighted by atomic mass is 9.87. The number of hydrogen-bond donors (Lipinski definition) is 0. The van der Waals surface area contributed by atoms with Crippen LogP contribution < -0.4 is 0 Å². The van der Waals surface area contributed by atoms with Gasteiger partial charge in [0.1, 0.15) is 0 Å². The van der Waals surface area contributed by atoms with Crippen molar-refractivity contribution in [2.75, 3.05) is 19.7 Å². The summed E-state index contributed by atoms with van der Waals surface area (Å²) in [6.07, 6.45) is 2.65. The zero-order chi connectivity index (χ0) is 11.7. The van der Waals surface area contributed by atoms with E-state index in [9.17, 15) is 0 Å². The van der Waals surface area contributed by atoms with E-state index in [4.69, 9.17) is 4.74 Å². The van der Waals surface area contributed by atoms with Gasteiger partial charge in [-0.3, -0.25) is 4.90 Å². The first-order valence-electron chi connectivity index (χ1n) is 6.66. The van der Waals surface area contributed by atoms with Crippen LogP contribution in [0.3, 0.4) is 0 Å². The van der Waals surface area contributed by atoms with Gasteiger partial charge in [0.15, 0.2) is 0 Å². The summed E-state index contributed by atoms with van der Waals surface area (Å²) in [5.41, 5.74) is 1.63. The Hall–Kier alpha value is -0.860. The SMILES string of the molecule is CC1(C2CCCN(Cc3ccccc3)C2)CO1. The second-order valence-electron chi connectivity index (χ2n) is 5.66. The van der Waals surface area contributed by atoms with E-state index in [0.717, 1.165) is 19.1 Å². The molecule has 0 N–H and O–H groups in total. The van der Waals surface area contributed by atoms with Crippen LogP contribution in [0.2, 0.25) is 0 Å². The molecule has 2 atom stereocenters. The largest absolute Gasteiger partial charge is 0.370 e. The highest BCUT2D eigenvalue weighted by molar-refractivity contribution is 5.14. The predicted octanol–water partition coefficient (Wildman–Crippen LogP) is 2.69. The van der Waals surface area contributed by atoms with Crippen molar-refractivity contribution in [2.45, 2.75) is 31.9 Å². The van der Waals surface area contributed by atoms with Crippen LogP contribution in [0.5, 0.6) is 0 Å². The van der Waals surface area contributed by atoms with Crippen molar-refractivity contribution >= 4 is 0 Å². The smallest absolute Gasteiger partial charge is 0.0928 e. The summed E-state index contributed by atoms with van der Waals surface area (Å²) < 4.78 is 5.61. The minimum Gasteiger partial charge on any atom is -0.370 e. The molecule has 0 bridgehead atoms. The molecule has 0 aliphatic carbocycles. The zero-order valence-electron chi connectivity index (χ0n) is 10.6. The number of ether oxygens (including phenoxy) is 1. The van der Waals surface area contributed by atoms with Gasteiger partial charge in [-0.1, -0.05) is 30.3 Å². The van der Waals surface area contributed by atoms with Gasteiger partial charge in [-0.15, -0.1) is 0 Å². The molecule has 0 radical (unpaired) electrons. The number of rotatable bonds is 3. The maximum atomic E-state index is 5.61. The molecule has 2 unspecified atom stereocenters. The molecule has 1 aromatic rings. The van der Waals surface area contributed by atoms with Crippen molar-refractivity contribution in [3.05, 3.63) is 35.9 Å². The average molecular weight is 231 g/mol. The molecule has 2 heteroatoms. The quantitative estimate of drug-likeness (QED) is 0.743. The third-order valence-corrected chi connectivity index (χ3v) is 4.22. The Bertz CT molecular complexity index is 372. The fourth-order valence-electron chi connectivity index (χ4n) is 2.89. The summed E-state index contributed by atoms with van der Waals surface area (Å²) in [5.74, 6) is 0.736. The van der Waals surface area contributed by atoms with Gasteiger partial charge in [-0.05, 0) is 31.9 Å². The van der Waals surface area contributed by atoms with Crippen molar-refractivity contribution < 1.29 is 4.74 Å². The highest BCUT2D eigenvalue weighted by Crippen LogP contribution is 2.39. The minimum atomic E-state index is 0.204. The number of hydrogen-bond acceptors (Lipinski definition) is 2. The molecule has 17 heavy (non-hydrogen) atoms. The molecule has 2 saturated heterocycles. The first-order chi connectivity index (χ1) is 8.26. The van der Waals surface area contributed by atoms with E-state index in [1.165, 1.54) is 31.5 Å². The molecular weight excluding hydrogens is 210 g/mol. The summed E-state index contributed by atoms with van der Waals surface area (Å²) in [6, 6.07) is 10.8. The predicted molar refractivity (Wildman–Crippen MR) is 68.8 cm³/mol. The van der Waals surface area contributed by atoms with Gasteiger partial charge in [-0.25, -0.2) is 0 Å². The van der Waals surface area contributed by atoms with Crippen LogP contribution >= 0.6 is 0 Å². The normalized spacial score (nSPS) is 33.6. The van der Waals surface area contributed by atoms with E-state index in [2.05, 4.69) is 42.2 Å². The van der Waals surface area contributed by atoms with Gasteiger partial charge in [0, 0.05) is 19.0 Å². The first-order valence-corrected chi connectivity index (χ1v) is 6.66. The second-order valence-corrected chi connectivity index (χ2v) is 5.66. The van der Waals surface area contributed by atoms with E-state index in [-0.39, 0.29) is 5.60 Å². The van der Waals surface area contributed by atoms with Gasteiger partial charge < -0.3 is 4.74 Å².